The second kappa shape index (κ2) is 7.87. The van der Waals surface area contributed by atoms with Gasteiger partial charge in [-0.15, -0.1) is 11.8 Å². The minimum absolute atomic E-state index is 0.656. The molecule has 0 spiro atoms. The molecule has 0 aliphatic rings. The molecule has 0 saturated heterocycles. The molecular formula is C12H19NOS2. The van der Waals surface area contributed by atoms with E-state index in [9.17, 15) is 4.21 Å². The lowest BCUT2D eigenvalue weighted by atomic mass is 10.2. The lowest BCUT2D eigenvalue weighted by Gasteiger charge is -2.05. The SMILES string of the molecule is CCS(=O)CCNCc1ccc(SC)cc1. The zero-order valence-corrected chi connectivity index (χ0v) is 11.5. The summed E-state index contributed by atoms with van der Waals surface area (Å²) in [5.41, 5.74) is 1.28. The molecule has 0 bridgehead atoms. The van der Waals surface area contributed by atoms with E-state index in [4.69, 9.17) is 0 Å². The Morgan fingerprint density at radius 1 is 1.31 bits per heavy atom. The van der Waals surface area contributed by atoms with E-state index in [-0.39, 0.29) is 0 Å². The minimum Gasteiger partial charge on any atom is -0.312 e. The van der Waals surface area contributed by atoms with E-state index in [2.05, 4.69) is 35.8 Å². The van der Waals surface area contributed by atoms with Gasteiger partial charge in [0.15, 0.2) is 0 Å². The molecule has 0 aliphatic heterocycles. The molecule has 1 rings (SSSR count). The van der Waals surface area contributed by atoms with Crippen LogP contribution in [0.2, 0.25) is 0 Å². The Bertz CT molecular complexity index is 324. The molecule has 0 saturated carbocycles. The summed E-state index contributed by atoms with van der Waals surface area (Å²) in [5, 5.41) is 3.30. The van der Waals surface area contributed by atoms with Crippen molar-refractivity contribution < 1.29 is 4.21 Å². The van der Waals surface area contributed by atoms with E-state index in [0.29, 0.717) is 0 Å². The zero-order chi connectivity index (χ0) is 11.8. The summed E-state index contributed by atoms with van der Waals surface area (Å²) < 4.78 is 11.2. The first-order valence-electron chi connectivity index (χ1n) is 5.45. The molecule has 1 aromatic rings. The predicted octanol–water partition coefficient (Wildman–Crippen LogP) is 2.27. The quantitative estimate of drug-likeness (QED) is 0.600. The van der Waals surface area contributed by atoms with E-state index in [0.717, 1.165) is 24.6 Å². The van der Waals surface area contributed by atoms with Crippen molar-refractivity contribution in [2.75, 3.05) is 24.3 Å². The molecule has 0 aromatic heterocycles. The van der Waals surface area contributed by atoms with Gasteiger partial charge in [-0.3, -0.25) is 4.21 Å². The van der Waals surface area contributed by atoms with Gasteiger partial charge in [-0.25, -0.2) is 0 Å². The van der Waals surface area contributed by atoms with Crippen molar-refractivity contribution in [1.29, 1.82) is 0 Å². The summed E-state index contributed by atoms with van der Waals surface area (Å²) >= 11 is 1.75. The summed E-state index contributed by atoms with van der Waals surface area (Å²) in [6.07, 6.45) is 2.08. The van der Waals surface area contributed by atoms with Crippen LogP contribution in [0.3, 0.4) is 0 Å². The number of thioether (sulfide) groups is 1. The number of rotatable bonds is 7. The van der Waals surface area contributed by atoms with Gasteiger partial charge in [0.2, 0.25) is 0 Å². The average molecular weight is 257 g/mol. The molecule has 1 N–H and O–H groups in total. The fourth-order valence-electron chi connectivity index (χ4n) is 1.31. The Balaban J connectivity index is 2.24. The van der Waals surface area contributed by atoms with Crippen LogP contribution in [0.4, 0.5) is 0 Å². The number of benzene rings is 1. The molecule has 0 aliphatic carbocycles. The molecule has 0 radical (unpaired) electrons. The maximum absolute atomic E-state index is 11.2. The fourth-order valence-corrected chi connectivity index (χ4v) is 2.38. The molecular weight excluding hydrogens is 238 g/mol. The second-order valence-electron chi connectivity index (χ2n) is 3.46. The molecule has 4 heteroatoms. The van der Waals surface area contributed by atoms with Crippen molar-refractivity contribution in [1.82, 2.24) is 5.32 Å². The first kappa shape index (κ1) is 13.7. The van der Waals surface area contributed by atoms with E-state index in [1.54, 1.807) is 11.8 Å². The van der Waals surface area contributed by atoms with Crippen molar-refractivity contribution in [2.45, 2.75) is 18.4 Å². The first-order valence-corrected chi connectivity index (χ1v) is 8.16. The van der Waals surface area contributed by atoms with Crippen LogP contribution < -0.4 is 5.32 Å². The van der Waals surface area contributed by atoms with Crippen LogP contribution in [0.25, 0.3) is 0 Å². The smallest absolute Gasteiger partial charge is 0.0360 e. The van der Waals surface area contributed by atoms with Gasteiger partial charge in [-0.1, -0.05) is 19.1 Å². The highest BCUT2D eigenvalue weighted by molar-refractivity contribution is 7.98. The van der Waals surface area contributed by atoms with Crippen LogP contribution in [0.15, 0.2) is 29.2 Å². The minimum atomic E-state index is -0.656. The summed E-state index contributed by atoms with van der Waals surface area (Å²) in [6, 6.07) is 8.53. The molecule has 0 fully saturated rings. The van der Waals surface area contributed by atoms with Crippen LogP contribution in [-0.2, 0) is 17.3 Å². The Morgan fingerprint density at radius 3 is 2.56 bits per heavy atom. The van der Waals surface area contributed by atoms with Crippen molar-refractivity contribution in [2.24, 2.45) is 0 Å². The van der Waals surface area contributed by atoms with Gasteiger partial charge in [0.05, 0.1) is 0 Å². The highest BCUT2D eigenvalue weighted by atomic mass is 32.2. The molecule has 16 heavy (non-hydrogen) atoms. The van der Waals surface area contributed by atoms with Crippen molar-refractivity contribution >= 4 is 22.6 Å². The third kappa shape index (κ3) is 5.14. The van der Waals surface area contributed by atoms with Gasteiger partial charge in [0.1, 0.15) is 0 Å². The van der Waals surface area contributed by atoms with Crippen LogP contribution in [0.5, 0.6) is 0 Å². The van der Waals surface area contributed by atoms with E-state index < -0.39 is 10.8 Å². The molecule has 1 unspecified atom stereocenters. The normalized spacial score (nSPS) is 12.6. The summed E-state index contributed by atoms with van der Waals surface area (Å²) in [7, 11) is -0.656. The van der Waals surface area contributed by atoms with Gasteiger partial charge in [0.25, 0.3) is 0 Å². The number of hydrogen-bond donors (Lipinski definition) is 1. The van der Waals surface area contributed by atoms with Gasteiger partial charge in [-0.05, 0) is 24.0 Å². The Labute approximate surface area is 105 Å². The molecule has 1 atom stereocenters. The monoisotopic (exact) mass is 257 g/mol. The Kier molecular flexibility index (Phi) is 6.76. The van der Waals surface area contributed by atoms with E-state index in [1.807, 2.05) is 6.92 Å². The van der Waals surface area contributed by atoms with Gasteiger partial charge >= 0.3 is 0 Å². The molecule has 1 aromatic carbocycles. The van der Waals surface area contributed by atoms with Gasteiger partial charge in [0, 0.05) is 40.3 Å². The Morgan fingerprint density at radius 2 is 2.00 bits per heavy atom. The fraction of sp³-hybridized carbons (Fsp3) is 0.500. The summed E-state index contributed by atoms with van der Waals surface area (Å²) in [5.74, 6) is 1.50. The number of hydrogen-bond acceptors (Lipinski definition) is 3. The third-order valence-corrected chi connectivity index (χ3v) is 4.36. The highest BCUT2D eigenvalue weighted by Gasteiger charge is 1.96. The Hall–Kier alpha value is -0.320. The molecule has 2 nitrogen and oxygen atoms in total. The summed E-state index contributed by atoms with van der Waals surface area (Å²) in [6.45, 7) is 3.64. The van der Waals surface area contributed by atoms with Crippen molar-refractivity contribution in [3.8, 4) is 0 Å². The van der Waals surface area contributed by atoms with Crippen molar-refractivity contribution in [3.05, 3.63) is 29.8 Å². The maximum atomic E-state index is 11.2. The van der Waals surface area contributed by atoms with Crippen LogP contribution in [-0.4, -0.2) is 28.5 Å². The lowest BCUT2D eigenvalue weighted by Crippen LogP contribution is -2.20. The van der Waals surface area contributed by atoms with E-state index >= 15 is 0 Å². The zero-order valence-electron chi connectivity index (χ0n) is 9.86. The largest absolute Gasteiger partial charge is 0.312 e. The molecule has 0 amide bonds. The standard InChI is InChI=1S/C12H19NOS2/c1-3-16(14)9-8-13-10-11-4-6-12(15-2)7-5-11/h4-7,13H,3,8-10H2,1-2H3. The molecule has 90 valence electrons. The average Bonchev–Trinajstić information content (AvgIpc) is 2.35. The van der Waals surface area contributed by atoms with E-state index in [1.165, 1.54) is 10.5 Å². The van der Waals surface area contributed by atoms with Crippen molar-refractivity contribution in [3.63, 3.8) is 0 Å². The van der Waals surface area contributed by atoms with Gasteiger partial charge in [-0.2, -0.15) is 0 Å². The predicted molar refractivity (Wildman–Crippen MR) is 73.5 cm³/mol. The molecule has 0 heterocycles. The summed E-state index contributed by atoms with van der Waals surface area (Å²) in [4.78, 5) is 1.29. The van der Waals surface area contributed by atoms with Crippen LogP contribution >= 0.6 is 11.8 Å². The second-order valence-corrected chi connectivity index (χ2v) is 6.20. The lowest BCUT2D eigenvalue weighted by molar-refractivity contribution is 0.674. The van der Waals surface area contributed by atoms with Crippen LogP contribution in [0.1, 0.15) is 12.5 Å². The van der Waals surface area contributed by atoms with Crippen LogP contribution in [0, 0.1) is 0 Å². The number of nitrogens with one attached hydrogen (secondary N) is 1. The highest BCUT2D eigenvalue weighted by Crippen LogP contribution is 2.14. The van der Waals surface area contributed by atoms with Gasteiger partial charge < -0.3 is 5.32 Å². The third-order valence-electron chi connectivity index (χ3n) is 2.32. The first-order chi connectivity index (χ1) is 7.76. The maximum Gasteiger partial charge on any atom is 0.0360 e. The topological polar surface area (TPSA) is 29.1 Å².